The standard InChI is InChI=1S/C22H28N2O4S/c25-21(24(18-9-4-5-10-18)19-12-14-29(26,27)16-19)15-23-22(20-11-6-13-28-20)17-7-2-1-3-8-17/h1-3,6-8,11,13,18-19,22-23H,4-5,9-10,12,14-16H2/t19-,22+/m1/s1. The fraction of sp³-hybridized carbons (Fsp3) is 0.500. The number of benzene rings is 1. The van der Waals surface area contributed by atoms with Crippen molar-refractivity contribution in [2.75, 3.05) is 18.1 Å². The van der Waals surface area contributed by atoms with Crippen LogP contribution in [0.3, 0.4) is 0 Å². The molecule has 7 heteroatoms. The molecular weight excluding hydrogens is 388 g/mol. The summed E-state index contributed by atoms with van der Waals surface area (Å²) in [7, 11) is -3.04. The third kappa shape index (κ3) is 4.73. The van der Waals surface area contributed by atoms with Gasteiger partial charge in [0.1, 0.15) is 5.76 Å². The predicted molar refractivity (Wildman–Crippen MR) is 111 cm³/mol. The molecule has 4 rings (SSSR count). The van der Waals surface area contributed by atoms with Crippen molar-refractivity contribution in [3.63, 3.8) is 0 Å². The summed E-state index contributed by atoms with van der Waals surface area (Å²) in [6.45, 7) is 0.146. The summed E-state index contributed by atoms with van der Waals surface area (Å²) in [4.78, 5) is 15.2. The number of amides is 1. The Labute approximate surface area is 172 Å². The molecule has 1 N–H and O–H groups in total. The summed E-state index contributed by atoms with van der Waals surface area (Å²) >= 11 is 0. The highest BCUT2D eigenvalue weighted by atomic mass is 32.2. The van der Waals surface area contributed by atoms with Gasteiger partial charge in [0.15, 0.2) is 9.84 Å². The molecule has 6 nitrogen and oxygen atoms in total. The van der Waals surface area contributed by atoms with Crippen LogP contribution in [0, 0.1) is 0 Å². The average Bonchev–Trinajstić information content (AvgIpc) is 3.46. The third-order valence-corrected chi connectivity index (χ3v) is 7.78. The molecule has 1 amide bonds. The molecule has 2 heterocycles. The van der Waals surface area contributed by atoms with Crippen molar-refractivity contribution < 1.29 is 17.6 Å². The molecule has 1 aromatic carbocycles. The fourth-order valence-electron chi connectivity index (χ4n) is 4.65. The Morgan fingerprint density at radius 3 is 2.45 bits per heavy atom. The second-order valence-corrected chi connectivity index (χ2v) is 10.3. The first-order chi connectivity index (χ1) is 14.0. The van der Waals surface area contributed by atoms with E-state index in [0.717, 1.165) is 37.0 Å². The van der Waals surface area contributed by atoms with Gasteiger partial charge in [-0.05, 0) is 37.0 Å². The van der Waals surface area contributed by atoms with Crippen molar-refractivity contribution >= 4 is 15.7 Å². The molecule has 2 atom stereocenters. The first kappa shape index (κ1) is 20.2. The summed E-state index contributed by atoms with van der Waals surface area (Å²) in [6, 6.07) is 13.3. The number of nitrogens with one attached hydrogen (secondary N) is 1. The van der Waals surface area contributed by atoms with Gasteiger partial charge in [0.05, 0.1) is 30.4 Å². The van der Waals surface area contributed by atoms with E-state index >= 15 is 0 Å². The number of sulfone groups is 1. The lowest BCUT2D eigenvalue weighted by Crippen LogP contribution is -2.50. The van der Waals surface area contributed by atoms with Crippen LogP contribution in [-0.4, -0.2) is 49.4 Å². The van der Waals surface area contributed by atoms with E-state index in [0.29, 0.717) is 6.42 Å². The maximum absolute atomic E-state index is 13.3. The number of carbonyl (C=O) groups is 1. The van der Waals surface area contributed by atoms with Crippen LogP contribution in [0.4, 0.5) is 0 Å². The monoisotopic (exact) mass is 416 g/mol. The van der Waals surface area contributed by atoms with E-state index in [-0.39, 0.29) is 42.1 Å². The first-order valence-electron chi connectivity index (χ1n) is 10.4. The molecule has 29 heavy (non-hydrogen) atoms. The highest BCUT2D eigenvalue weighted by molar-refractivity contribution is 7.91. The summed E-state index contributed by atoms with van der Waals surface area (Å²) in [5, 5.41) is 3.35. The Kier molecular flexibility index (Phi) is 6.06. The SMILES string of the molecule is O=C(CN[C@@H](c1ccccc1)c1ccco1)N(C1CCCC1)[C@@H]1CCS(=O)(=O)C1. The van der Waals surface area contributed by atoms with Crippen LogP contribution < -0.4 is 5.32 Å². The maximum atomic E-state index is 13.3. The van der Waals surface area contributed by atoms with Crippen LogP contribution >= 0.6 is 0 Å². The first-order valence-corrected chi connectivity index (χ1v) is 12.2. The van der Waals surface area contributed by atoms with E-state index in [1.165, 1.54) is 0 Å². The Morgan fingerprint density at radius 1 is 1.07 bits per heavy atom. The van der Waals surface area contributed by atoms with Gasteiger partial charge in [0.2, 0.25) is 5.91 Å². The molecule has 2 fully saturated rings. The van der Waals surface area contributed by atoms with Crippen LogP contribution in [0.1, 0.15) is 49.5 Å². The van der Waals surface area contributed by atoms with Gasteiger partial charge >= 0.3 is 0 Å². The van der Waals surface area contributed by atoms with E-state index < -0.39 is 9.84 Å². The normalized spacial score (nSPS) is 22.6. The van der Waals surface area contributed by atoms with Gasteiger partial charge in [-0.25, -0.2) is 8.42 Å². The number of rotatable bonds is 7. The number of nitrogens with zero attached hydrogens (tertiary/aromatic N) is 1. The summed E-state index contributed by atoms with van der Waals surface area (Å²) < 4.78 is 29.6. The summed E-state index contributed by atoms with van der Waals surface area (Å²) in [5.74, 6) is 1.00. The van der Waals surface area contributed by atoms with E-state index in [4.69, 9.17) is 4.42 Å². The second-order valence-electron chi connectivity index (χ2n) is 8.04. The average molecular weight is 417 g/mol. The van der Waals surface area contributed by atoms with Crippen molar-refractivity contribution in [1.29, 1.82) is 0 Å². The molecule has 0 radical (unpaired) electrons. The molecule has 0 unspecified atom stereocenters. The Bertz CT molecular complexity index is 906. The minimum atomic E-state index is -3.04. The zero-order chi connectivity index (χ0) is 20.3. The Balaban J connectivity index is 1.50. The molecule has 1 saturated heterocycles. The zero-order valence-electron chi connectivity index (χ0n) is 16.5. The Hall–Kier alpha value is -2.12. The fourth-order valence-corrected chi connectivity index (χ4v) is 6.36. The van der Waals surface area contributed by atoms with Crippen molar-refractivity contribution in [2.24, 2.45) is 0 Å². The number of hydrogen-bond donors (Lipinski definition) is 1. The summed E-state index contributed by atoms with van der Waals surface area (Å²) in [5.41, 5.74) is 1.02. The van der Waals surface area contributed by atoms with Crippen LogP contribution in [0.25, 0.3) is 0 Å². The molecule has 0 spiro atoms. The molecule has 2 aromatic rings. The quantitative estimate of drug-likeness (QED) is 0.751. The van der Waals surface area contributed by atoms with Gasteiger partial charge in [-0.1, -0.05) is 43.2 Å². The van der Waals surface area contributed by atoms with Gasteiger partial charge in [0, 0.05) is 12.1 Å². The van der Waals surface area contributed by atoms with Gasteiger partial charge < -0.3 is 9.32 Å². The van der Waals surface area contributed by atoms with Crippen molar-refractivity contribution in [3.05, 3.63) is 60.1 Å². The lowest BCUT2D eigenvalue weighted by atomic mass is 10.0. The highest BCUT2D eigenvalue weighted by Crippen LogP contribution is 2.29. The summed E-state index contributed by atoms with van der Waals surface area (Å²) in [6.07, 6.45) is 6.29. The highest BCUT2D eigenvalue weighted by Gasteiger charge is 2.39. The van der Waals surface area contributed by atoms with Crippen LogP contribution in [-0.2, 0) is 14.6 Å². The van der Waals surface area contributed by atoms with Crippen LogP contribution in [0.2, 0.25) is 0 Å². The van der Waals surface area contributed by atoms with Gasteiger partial charge in [-0.2, -0.15) is 0 Å². The molecule has 2 aliphatic rings. The lowest BCUT2D eigenvalue weighted by molar-refractivity contribution is -0.134. The maximum Gasteiger partial charge on any atom is 0.237 e. The van der Waals surface area contributed by atoms with E-state index in [2.05, 4.69) is 5.32 Å². The number of carbonyl (C=O) groups excluding carboxylic acids is 1. The molecule has 1 aromatic heterocycles. The molecular formula is C22H28N2O4S. The van der Waals surface area contributed by atoms with E-state index in [9.17, 15) is 13.2 Å². The minimum absolute atomic E-state index is 0.0218. The lowest BCUT2D eigenvalue weighted by Gasteiger charge is -2.34. The third-order valence-electron chi connectivity index (χ3n) is 6.03. The van der Waals surface area contributed by atoms with Gasteiger partial charge in [-0.15, -0.1) is 0 Å². The van der Waals surface area contributed by atoms with Crippen molar-refractivity contribution in [3.8, 4) is 0 Å². The smallest absolute Gasteiger partial charge is 0.237 e. The van der Waals surface area contributed by atoms with Crippen molar-refractivity contribution in [1.82, 2.24) is 10.2 Å². The van der Waals surface area contributed by atoms with Gasteiger partial charge in [0.25, 0.3) is 0 Å². The zero-order valence-corrected chi connectivity index (χ0v) is 17.3. The van der Waals surface area contributed by atoms with Gasteiger partial charge in [-0.3, -0.25) is 10.1 Å². The molecule has 1 aliphatic carbocycles. The number of furan rings is 1. The molecule has 1 aliphatic heterocycles. The number of hydrogen-bond acceptors (Lipinski definition) is 5. The predicted octanol–water partition coefficient (Wildman–Crippen LogP) is 2.92. The Morgan fingerprint density at radius 2 is 1.83 bits per heavy atom. The molecule has 156 valence electrons. The minimum Gasteiger partial charge on any atom is -0.467 e. The topological polar surface area (TPSA) is 79.6 Å². The largest absolute Gasteiger partial charge is 0.467 e. The van der Waals surface area contributed by atoms with Crippen LogP contribution in [0.15, 0.2) is 53.1 Å². The van der Waals surface area contributed by atoms with Crippen molar-refractivity contribution in [2.45, 2.75) is 50.2 Å². The van der Waals surface area contributed by atoms with Crippen LogP contribution in [0.5, 0.6) is 0 Å². The van der Waals surface area contributed by atoms with E-state index in [1.54, 1.807) is 6.26 Å². The second kappa shape index (κ2) is 8.71. The van der Waals surface area contributed by atoms with E-state index in [1.807, 2.05) is 47.4 Å². The molecule has 1 saturated carbocycles. The molecule has 0 bridgehead atoms.